The zero-order valence-electron chi connectivity index (χ0n) is 22.6. The Morgan fingerprint density at radius 1 is 0.974 bits per heavy atom. The van der Waals surface area contributed by atoms with Crippen LogP contribution in [-0.4, -0.2) is 58.1 Å². The Bertz CT molecular complexity index is 1180. The molecule has 3 aliphatic rings. The normalized spacial score (nSPS) is 28.9. The van der Waals surface area contributed by atoms with E-state index in [9.17, 15) is 14.4 Å². The van der Waals surface area contributed by atoms with Crippen LogP contribution in [0.1, 0.15) is 57.4 Å². The van der Waals surface area contributed by atoms with Gasteiger partial charge in [0, 0.05) is 25.4 Å². The molecule has 208 valence electrons. The number of nitrogens with zero attached hydrogens (tertiary/aromatic N) is 1. The number of anilines is 1. The Hall–Kier alpha value is -3.23. The van der Waals surface area contributed by atoms with Crippen LogP contribution in [0.25, 0.3) is 0 Å². The molecule has 3 N–H and O–H groups in total. The van der Waals surface area contributed by atoms with Crippen molar-refractivity contribution in [1.82, 2.24) is 10.2 Å². The Labute approximate surface area is 230 Å². The number of hydrogen-bond donors (Lipinski definition) is 3. The number of amides is 3. The summed E-state index contributed by atoms with van der Waals surface area (Å²) in [4.78, 5) is 43.5. The lowest BCUT2D eigenvalue weighted by Gasteiger charge is -2.34. The summed E-state index contributed by atoms with van der Waals surface area (Å²) in [6.07, 6.45) is 4.92. The van der Waals surface area contributed by atoms with E-state index < -0.39 is 29.1 Å². The van der Waals surface area contributed by atoms with Crippen molar-refractivity contribution in [3.05, 3.63) is 66.2 Å². The van der Waals surface area contributed by atoms with Crippen molar-refractivity contribution in [2.24, 2.45) is 11.8 Å². The Balaban J connectivity index is 1.43. The summed E-state index contributed by atoms with van der Waals surface area (Å²) in [6, 6.07) is 18.2. The molecule has 2 unspecified atom stereocenters. The van der Waals surface area contributed by atoms with Gasteiger partial charge in [-0.05, 0) is 49.8 Å². The van der Waals surface area contributed by atoms with E-state index >= 15 is 0 Å². The maximum Gasteiger partial charge on any atom is 0.246 e. The topological polar surface area (TPSA) is 108 Å². The van der Waals surface area contributed by atoms with Crippen molar-refractivity contribution in [2.75, 3.05) is 18.5 Å². The van der Waals surface area contributed by atoms with Gasteiger partial charge in [-0.25, -0.2) is 0 Å². The first kappa shape index (κ1) is 27.3. The standard InChI is InChI=1S/C31H39N3O5/c1-2-30-17-18-31(39-30)25(24(30)27(36)33-23-15-9-6-10-16-23)29(38)34(19-11-3-4-12-20-35)26(31)28(37)32-21-22-13-7-5-8-14-22/h5-10,13-16,24-26,35H,2-4,11-12,17-21H2,1H3,(H,32,37)(H,33,36)/t24-,25-,26?,30+,31?/m0/s1. The number of ether oxygens (including phenoxy) is 1. The summed E-state index contributed by atoms with van der Waals surface area (Å²) in [5, 5.41) is 15.2. The highest BCUT2D eigenvalue weighted by molar-refractivity contribution is 6.02. The molecule has 5 rings (SSSR count). The maximum atomic E-state index is 14.2. The second kappa shape index (κ2) is 11.5. The fourth-order valence-electron chi connectivity index (χ4n) is 7.03. The van der Waals surface area contributed by atoms with Gasteiger partial charge in [-0.3, -0.25) is 14.4 Å². The number of unbranched alkanes of at least 4 members (excludes halogenated alkanes) is 3. The Morgan fingerprint density at radius 3 is 2.36 bits per heavy atom. The number of benzene rings is 2. The number of hydrogen-bond acceptors (Lipinski definition) is 5. The molecule has 39 heavy (non-hydrogen) atoms. The fourth-order valence-corrected chi connectivity index (χ4v) is 7.03. The van der Waals surface area contributed by atoms with Gasteiger partial charge >= 0.3 is 0 Å². The summed E-state index contributed by atoms with van der Waals surface area (Å²) >= 11 is 0. The van der Waals surface area contributed by atoms with Gasteiger partial charge in [0.05, 0.1) is 17.4 Å². The van der Waals surface area contributed by atoms with Gasteiger partial charge in [0.2, 0.25) is 17.7 Å². The molecule has 0 saturated carbocycles. The van der Waals surface area contributed by atoms with E-state index in [1.807, 2.05) is 67.6 Å². The first-order valence-electron chi connectivity index (χ1n) is 14.2. The van der Waals surface area contributed by atoms with Gasteiger partial charge in [-0.1, -0.05) is 68.3 Å². The molecule has 3 heterocycles. The molecule has 2 aromatic carbocycles. The number of aliphatic hydroxyl groups excluding tert-OH is 1. The fraction of sp³-hybridized carbons (Fsp3) is 0.516. The molecule has 3 saturated heterocycles. The number of aliphatic hydroxyl groups is 1. The van der Waals surface area contributed by atoms with Crippen LogP contribution in [0.2, 0.25) is 0 Å². The molecule has 5 atom stereocenters. The number of para-hydroxylation sites is 1. The van der Waals surface area contributed by atoms with Crippen molar-refractivity contribution in [1.29, 1.82) is 0 Å². The molecule has 3 fully saturated rings. The number of likely N-dealkylation sites (tertiary alicyclic amines) is 1. The van der Waals surface area contributed by atoms with Crippen molar-refractivity contribution in [2.45, 2.75) is 75.7 Å². The number of nitrogens with one attached hydrogen (secondary N) is 2. The van der Waals surface area contributed by atoms with E-state index in [-0.39, 0.29) is 24.3 Å². The van der Waals surface area contributed by atoms with E-state index in [1.54, 1.807) is 4.90 Å². The van der Waals surface area contributed by atoms with Crippen LogP contribution >= 0.6 is 0 Å². The predicted molar refractivity (Wildman–Crippen MR) is 147 cm³/mol. The van der Waals surface area contributed by atoms with Crippen LogP contribution in [0.3, 0.4) is 0 Å². The largest absolute Gasteiger partial charge is 0.396 e. The molecule has 8 heteroatoms. The van der Waals surface area contributed by atoms with Gasteiger partial charge in [-0.15, -0.1) is 0 Å². The van der Waals surface area contributed by atoms with Crippen LogP contribution in [0, 0.1) is 11.8 Å². The third-order valence-electron chi connectivity index (χ3n) is 8.87. The predicted octanol–water partition coefficient (Wildman–Crippen LogP) is 3.65. The maximum absolute atomic E-state index is 14.2. The number of carbonyl (C=O) groups excluding carboxylic acids is 3. The zero-order valence-corrected chi connectivity index (χ0v) is 22.6. The molecule has 0 aliphatic carbocycles. The average Bonchev–Trinajstić information content (AvgIpc) is 3.56. The molecule has 3 aliphatic heterocycles. The van der Waals surface area contributed by atoms with Gasteiger partial charge < -0.3 is 25.4 Å². The van der Waals surface area contributed by atoms with E-state index in [0.717, 1.165) is 24.8 Å². The monoisotopic (exact) mass is 533 g/mol. The lowest BCUT2D eigenvalue weighted by molar-refractivity contribution is -0.146. The van der Waals surface area contributed by atoms with Crippen LogP contribution < -0.4 is 10.6 Å². The first-order valence-corrected chi connectivity index (χ1v) is 14.2. The molecule has 2 aromatic rings. The lowest BCUT2D eigenvalue weighted by atomic mass is 9.65. The summed E-state index contributed by atoms with van der Waals surface area (Å²) in [5.41, 5.74) is -0.155. The minimum Gasteiger partial charge on any atom is -0.396 e. The molecular weight excluding hydrogens is 494 g/mol. The molecule has 8 nitrogen and oxygen atoms in total. The third-order valence-corrected chi connectivity index (χ3v) is 8.87. The second-order valence-corrected chi connectivity index (χ2v) is 11.1. The lowest BCUT2D eigenvalue weighted by Crippen LogP contribution is -2.55. The van der Waals surface area contributed by atoms with E-state index in [4.69, 9.17) is 9.84 Å². The van der Waals surface area contributed by atoms with Crippen LogP contribution in [-0.2, 0) is 25.7 Å². The quantitative estimate of drug-likeness (QED) is 0.361. The summed E-state index contributed by atoms with van der Waals surface area (Å²) in [6.45, 7) is 2.91. The highest BCUT2D eigenvalue weighted by Crippen LogP contribution is 2.64. The van der Waals surface area contributed by atoms with Gasteiger partial charge in [0.25, 0.3) is 0 Å². The minimum atomic E-state index is -1.03. The highest BCUT2D eigenvalue weighted by atomic mass is 16.5. The number of rotatable bonds is 12. The van der Waals surface area contributed by atoms with Crippen molar-refractivity contribution in [3.63, 3.8) is 0 Å². The second-order valence-electron chi connectivity index (χ2n) is 11.1. The van der Waals surface area contributed by atoms with Gasteiger partial charge in [0.15, 0.2) is 0 Å². The minimum absolute atomic E-state index is 0.142. The van der Waals surface area contributed by atoms with Crippen molar-refractivity contribution >= 4 is 23.4 Å². The van der Waals surface area contributed by atoms with Crippen molar-refractivity contribution < 1.29 is 24.2 Å². The molecule has 0 radical (unpaired) electrons. The van der Waals surface area contributed by atoms with E-state index in [0.29, 0.717) is 44.5 Å². The van der Waals surface area contributed by atoms with Gasteiger partial charge in [-0.2, -0.15) is 0 Å². The van der Waals surface area contributed by atoms with Gasteiger partial charge in [0.1, 0.15) is 11.6 Å². The molecule has 2 bridgehead atoms. The molecular formula is C31H39N3O5. The van der Waals surface area contributed by atoms with Crippen molar-refractivity contribution in [3.8, 4) is 0 Å². The van der Waals surface area contributed by atoms with Crippen LogP contribution in [0.4, 0.5) is 5.69 Å². The van der Waals surface area contributed by atoms with E-state index in [1.165, 1.54) is 0 Å². The first-order chi connectivity index (χ1) is 19.0. The van der Waals surface area contributed by atoms with Crippen LogP contribution in [0.5, 0.6) is 0 Å². The highest BCUT2D eigenvalue weighted by Gasteiger charge is 2.78. The Kier molecular flexibility index (Phi) is 8.05. The zero-order chi connectivity index (χ0) is 27.5. The third kappa shape index (κ3) is 4.96. The molecule has 0 aromatic heterocycles. The van der Waals surface area contributed by atoms with E-state index in [2.05, 4.69) is 10.6 Å². The summed E-state index contributed by atoms with van der Waals surface area (Å²) in [7, 11) is 0. The average molecular weight is 534 g/mol. The van der Waals surface area contributed by atoms with Crippen LogP contribution in [0.15, 0.2) is 60.7 Å². The molecule has 1 spiro atoms. The molecule has 3 amide bonds. The SMILES string of the molecule is CC[C@]12CCC3(O1)C(C(=O)NCc1ccccc1)N(CCCCCCO)C(=O)[C@@H]3[C@H]2C(=O)Nc1ccccc1. The Morgan fingerprint density at radius 2 is 1.67 bits per heavy atom. The smallest absolute Gasteiger partial charge is 0.246 e. The summed E-state index contributed by atoms with van der Waals surface area (Å²) in [5.74, 6) is -2.01. The number of fused-ring (bicyclic) bond motifs is 1. The summed E-state index contributed by atoms with van der Waals surface area (Å²) < 4.78 is 6.81. The number of carbonyl (C=O) groups is 3.